The van der Waals surface area contributed by atoms with Gasteiger partial charge in [-0.3, -0.25) is 4.90 Å². The summed E-state index contributed by atoms with van der Waals surface area (Å²) in [6.07, 6.45) is -0.182. The van der Waals surface area contributed by atoms with E-state index in [0.717, 1.165) is 17.9 Å². The van der Waals surface area contributed by atoms with Gasteiger partial charge in [0, 0.05) is 25.2 Å². The van der Waals surface area contributed by atoms with E-state index in [0.29, 0.717) is 18.7 Å². The Morgan fingerprint density at radius 2 is 2.29 bits per heavy atom. The standard InChI is InChI=1S/C16H22N2O3/c1-16(2)11-18(9-14(10-19)21-16)8-13-6-12(7-17)4-5-15(13)20-3/h4-6,14,19H,8-11H2,1-3H3. The van der Waals surface area contributed by atoms with Crippen LogP contribution in [0.3, 0.4) is 0 Å². The van der Waals surface area contributed by atoms with Gasteiger partial charge in [0.2, 0.25) is 0 Å². The molecule has 1 aliphatic heterocycles. The van der Waals surface area contributed by atoms with E-state index in [9.17, 15) is 5.11 Å². The quantitative estimate of drug-likeness (QED) is 0.911. The molecule has 1 heterocycles. The molecule has 5 nitrogen and oxygen atoms in total. The lowest BCUT2D eigenvalue weighted by atomic mass is 10.0. The molecule has 5 heteroatoms. The van der Waals surface area contributed by atoms with Gasteiger partial charge in [0.05, 0.1) is 37.1 Å². The number of aliphatic hydroxyl groups excluding tert-OH is 1. The monoisotopic (exact) mass is 290 g/mol. The van der Waals surface area contributed by atoms with Crippen LogP contribution in [0.4, 0.5) is 0 Å². The van der Waals surface area contributed by atoms with Crippen LogP contribution in [-0.2, 0) is 11.3 Å². The maximum Gasteiger partial charge on any atom is 0.123 e. The summed E-state index contributed by atoms with van der Waals surface area (Å²) < 4.78 is 11.2. The molecule has 2 rings (SSSR count). The predicted molar refractivity (Wildman–Crippen MR) is 79.0 cm³/mol. The van der Waals surface area contributed by atoms with Crippen molar-refractivity contribution in [2.75, 3.05) is 26.8 Å². The molecule has 1 N–H and O–H groups in total. The zero-order valence-electron chi connectivity index (χ0n) is 12.8. The van der Waals surface area contributed by atoms with Crippen LogP contribution in [0.15, 0.2) is 18.2 Å². The second-order valence-corrected chi connectivity index (χ2v) is 5.99. The van der Waals surface area contributed by atoms with Crippen LogP contribution in [0.25, 0.3) is 0 Å². The molecule has 1 aliphatic rings. The number of methoxy groups -OCH3 is 1. The predicted octanol–water partition coefficient (Wildman–Crippen LogP) is 1.54. The molecule has 1 aromatic rings. The fourth-order valence-corrected chi connectivity index (χ4v) is 2.84. The maximum atomic E-state index is 9.37. The van der Waals surface area contributed by atoms with Gasteiger partial charge >= 0.3 is 0 Å². The SMILES string of the molecule is COc1ccc(C#N)cc1CN1CC(CO)OC(C)(C)C1. The number of ether oxygens (including phenoxy) is 2. The Balaban J connectivity index is 2.18. The highest BCUT2D eigenvalue weighted by Crippen LogP contribution is 2.26. The van der Waals surface area contributed by atoms with E-state index in [4.69, 9.17) is 14.7 Å². The van der Waals surface area contributed by atoms with Crippen LogP contribution < -0.4 is 4.74 Å². The average molecular weight is 290 g/mol. The Morgan fingerprint density at radius 1 is 1.52 bits per heavy atom. The fraction of sp³-hybridized carbons (Fsp3) is 0.562. The number of hydrogen-bond donors (Lipinski definition) is 1. The molecule has 0 radical (unpaired) electrons. The molecule has 1 aromatic carbocycles. The number of nitrogens with zero attached hydrogens (tertiary/aromatic N) is 2. The first kappa shape index (κ1) is 15.8. The number of aliphatic hydroxyl groups is 1. The summed E-state index contributed by atoms with van der Waals surface area (Å²) in [5.74, 6) is 0.777. The van der Waals surface area contributed by atoms with Crippen molar-refractivity contribution in [3.63, 3.8) is 0 Å². The summed E-state index contributed by atoms with van der Waals surface area (Å²) in [6, 6.07) is 7.58. The Bertz CT molecular complexity index is 537. The van der Waals surface area contributed by atoms with Crippen molar-refractivity contribution in [2.45, 2.75) is 32.1 Å². The van der Waals surface area contributed by atoms with Crippen LogP contribution in [0.5, 0.6) is 5.75 Å². The Morgan fingerprint density at radius 3 is 2.90 bits per heavy atom. The van der Waals surface area contributed by atoms with Crippen molar-refractivity contribution in [1.82, 2.24) is 4.90 Å². The summed E-state index contributed by atoms with van der Waals surface area (Å²) in [4.78, 5) is 2.23. The summed E-state index contributed by atoms with van der Waals surface area (Å²) >= 11 is 0. The molecule has 0 bridgehead atoms. The first-order valence-corrected chi connectivity index (χ1v) is 7.05. The fourth-order valence-electron chi connectivity index (χ4n) is 2.84. The van der Waals surface area contributed by atoms with E-state index in [1.807, 2.05) is 26.0 Å². The van der Waals surface area contributed by atoms with Crippen LogP contribution in [0.2, 0.25) is 0 Å². The van der Waals surface area contributed by atoms with Crippen molar-refractivity contribution in [3.8, 4) is 11.8 Å². The molecule has 0 aromatic heterocycles. The second-order valence-electron chi connectivity index (χ2n) is 5.99. The van der Waals surface area contributed by atoms with E-state index in [1.165, 1.54) is 0 Å². The summed E-state index contributed by atoms with van der Waals surface area (Å²) in [5.41, 5.74) is 1.30. The maximum absolute atomic E-state index is 9.37. The zero-order chi connectivity index (χ0) is 15.5. The number of benzene rings is 1. The van der Waals surface area contributed by atoms with Crippen molar-refractivity contribution < 1.29 is 14.6 Å². The van der Waals surface area contributed by atoms with E-state index < -0.39 is 0 Å². The van der Waals surface area contributed by atoms with Crippen molar-refractivity contribution in [2.24, 2.45) is 0 Å². The number of hydrogen-bond acceptors (Lipinski definition) is 5. The van der Waals surface area contributed by atoms with Crippen molar-refractivity contribution >= 4 is 0 Å². The minimum absolute atomic E-state index is 0.00923. The Labute approximate surface area is 125 Å². The molecular weight excluding hydrogens is 268 g/mol. The minimum Gasteiger partial charge on any atom is -0.496 e. The van der Waals surface area contributed by atoms with E-state index >= 15 is 0 Å². The lowest BCUT2D eigenvalue weighted by Gasteiger charge is -2.42. The number of rotatable bonds is 4. The van der Waals surface area contributed by atoms with Crippen LogP contribution in [0.1, 0.15) is 25.0 Å². The Hall–Kier alpha value is -1.61. The van der Waals surface area contributed by atoms with E-state index in [2.05, 4.69) is 11.0 Å². The molecule has 1 saturated heterocycles. The molecule has 0 amide bonds. The third kappa shape index (κ3) is 3.94. The molecule has 114 valence electrons. The van der Waals surface area contributed by atoms with Crippen LogP contribution in [0, 0.1) is 11.3 Å². The van der Waals surface area contributed by atoms with Gasteiger partial charge in [0.1, 0.15) is 5.75 Å². The van der Waals surface area contributed by atoms with Gasteiger partial charge < -0.3 is 14.6 Å². The highest BCUT2D eigenvalue weighted by atomic mass is 16.5. The topological polar surface area (TPSA) is 65.7 Å². The molecule has 0 saturated carbocycles. The number of morpholine rings is 1. The lowest BCUT2D eigenvalue weighted by molar-refractivity contribution is -0.150. The second kappa shape index (κ2) is 6.44. The molecule has 1 atom stereocenters. The van der Waals surface area contributed by atoms with Gasteiger partial charge in [-0.15, -0.1) is 0 Å². The van der Waals surface area contributed by atoms with Gasteiger partial charge in [-0.1, -0.05) is 0 Å². The molecule has 1 unspecified atom stereocenters. The van der Waals surface area contributed by atoms with Crippen LogP contribution in [-0.4, -0.2) is 48.5 Å². The zero-order valence-corrected chi connectivity index (χ0v) is 12.8. The molecule has 1 fully saturated rings. The molecule has 0 spiro atoms. The number of nitriles is 1. The van der Waals surface area contributed by atoms with Crippen molar-refractivity contribution in [3.05, 3.63) is 29.3 Å². The van der Waals surface area contributed by atoms with Gasteiger partial charge in [-0.2, -0.15) is 5.26 Å². The molecule has 21 heavy (non-hydrogen) atoms. The summed E-state index contributed by atoms with van der Waals surface area (Å²) in [5, 5.41) is 18.4. The lowest BCUT2D eigenvalue weighted by Crippen LogP contribution is -2.53. The van der Waals surface area contributed by atoms with Gasteiger partial charge in [-0.05, 0) is 32.0 Å². The summed E-state index contributed by atoms with van der Waals surface area (Å²) in [6.45, 7) is 6.15. The molecular formula is C16H22N2O3. The van der Waals surface area contributed by atoms with Crippen LogP contribution >= 0.6 is 0 Å². The molecule has 0 aliphatic carbocycles. The minimum atomic E-state index is -0.300. The summed E-state index contributed by atoms with van der Waals surface area (Å²) in [7, 11) is 1.63. The van der Waals surface area contributed by atoms with Crippen molar-refractivity contribution in [1.29, 1.82) is 5.26 Å². The van der Waals surface area contributed by atoms with Gasteiger partial charge in [-0.25, -0.2) is 0 Å². The first-order valence-electron chi connectivity index (χ1n) is 7.05. The third-order valence-electron chi connectivity index (χ3n) is 3.56. The first-order chi connectivity index (χ1) is 9.97. The van der Waals surface area contributed by atoms with Gasteiger partial charge in [0.25, 0.3) is 0 Å². The van der Waals surface area contributed by atoms with Gasteiger partial charge in [0.15, 0.2) is 0 Å². The third-order valence-corrected chi connectivity index (χ3v) is 3.56. The smallest absolute Gasteiger partial charge is 0.123 e. The Kier molecular flexibility index (Phi) is 4.84. The largest absolute Gasteiger partial charge is 0.496 e. The average Bonchev–Trinajstić information content (AvgIpc) is 2.45. The normalized spacial score (nSPS) is 21.8. The highest BCUT2D eigenvalue weighted by Gasteiger charge is 2.33. The van der Waals surface area contributed by atoms with E-state index in [-0.39, 0.29) is 18.3 Å². The highest BCUT2D eigenvalue weighted by molar-refractivity contribution is 5.42. The van der Waals surface area contributed by atoms with E-state index in [1.54, 1.807) is 13.2 Å².